The van der Waals surface area contributed by atoms with Gasteiger partial charge >= 0.3 is 0 Å². The van der Waals surface area contributed by atoms with Gasteiger partial charge in [0.05, 0.1) is 12.6 Å². The Kier molecular flexibility index (Phi) is 3.26. The third-order valence-corrected chi connectivity index (χ3v) is 1.79. The van der Waals surface area contributed by atoms with Crippen LogP contribution >= 0.6 is 11.6 Å². The molecule has 0 aliphatic rings. The average molecular weight is 199 g/mol. The first-order valence-electron chi connectivity index (χ1n) is 4.06. The van der Waals surface area contributed by atoms with Crippen molar-refractivity contribution in [3.8, 4) is 6.07 Å². The lowest BCUT2D eigenvalue weighted by Gasteiger charge is -1.99. The molecule has 0 aliphatic heterocycles. The maximum Gasteiger partial charge on any atom is 0.153 e. The van der Waals surface area contributed by atoms with E-state index in [1.54, 1.807) is 11.0 Å². The molecule has 1 atom stereocenters. The number of rotatable bonds is 3. The van der Waals surface area contributed by atoms with Gasteiger partial charge in [-0.05, 0) is 0 Å². The van der Waals surface area contributed by atoms with E-state index in [1.165, 1.54) is 0 Å². The van der Waals surface area contributed by atoms with E-state index in [4.69, 9.17) is 16.9 Å². The van der Waals surface area contributed by atoms with Crippen LogP contribution in [0.2, 0.25) is 0 Å². The Morgan fingerprint density at radius 1 is 1.69 bits per heavy atom. The summed E-state index contributed by atoms with van der Waals surface area (Å²) in [4.78, 5) is 4.09. The Morgan fingerprint density at radius 3 is 2.85 bits per heavy atom. The van der Waals surface area contributed by atoms with Crippen molar-refractivity contribution in [2.75, 3.05) is 0 Å². The Hall–Kier alpha value is -1.08. The Balaban J connectivity index is 2.65. The molecule has 0 amide bonds. The molecule has 0 fully saturated rings. The number of aromatic nitrogens is 3. The first-order valence-corrected chi connectivity index (χ1v) is 4.50. The van der Waals surface area contributed by atoms with Crippen LogP contribution in [-0.4, -0.2) is 20.1 Å². The molecule has 0 saturated heterocycles. The molecule has 1 aromatic heterocycles. The predicted molar refractivity (Wildman–Crippen MR) is 49.4 cm³/mol. The summed E-state index contributed by atoms with van der Waals surface area (Å²) in [5, 5.41) is 12.1. The van der Waals surface area contributed by atoms with E-state index in [0.29, 0.717) is 12.5 Å². The average Bonchev–Trinajstić information content (AvgIpc) is 2.52. The van der Waals surface area contributed by atoms with E-state index < -0.39 is 5.38 Å². The molecule has 4 nitrogen and oxygen atoms in total. The van der Waals surface area contributed by atoms with Crippen LogP contribution in [0.1, 0.15) is 25.6 Å². The van der Waals surface area contributed by atoms with Gasteiger partial charge in [0.2, 0.25) is 0 Å². The van der Waals surface area contributed by atoms with Crippen LogP contribution in [0.4, 0.5) is 0 Å². The Bertz CT molecular complexity index is 312. The van der Waals surface area contributed by atoms with Crippen LogP contribution in [-0.2, 0) is 6.54 Å². The second kappa shape index (κ2) is 4.24. The second-order valence-electron chi connectivity index (χ2n) is 3.08. The molecule has 1 rings (SSSR count). The molecular formula is C8H11ClN4. The molecule has 0 saturated carbocycles. The van der Waals surface area contributed by atoms with E-state index in [9.17, 15) is 0 Å². The monoisotopic (exact) mass is 198 g/mol. The smallest absolute Gasteiger partial charge is 0.153 e. The molecular weight excluding hydrogens is 188 g/mol. The van der Waals surface area contributed by atoms with Crippen LogP contribution in [0, 0.1) is 11.3 Å². The molecule has 0 N–H and O–H groups in total. The van der Waals surface area contributed by atoms with Gasteiger partial charge in [-0.1, -0.05) is 13.8 Å². The van der Waals surface area contributed by atoms with Gasteiger partial charge in [0.25, 0.3) is 0 Å². The van der Waals surface area contributed by atoms with Gasteiger partial charge in [-0.15, -0.1) is 11.6 Å². The topological polar surface area (TPSA) is 54.5 Å². The molecule has 0 aliphatic carbocycles. The van der Waals surface area contributed by atoms with Gasteiger partial charge in [-0.3, -0.25) is 4.68 Å². The summed E-state index contributed by atoms with van der Waals surface area (Å²) < 4.78 is 1.59. The normalized spacial score (nSPS) is 12.8. The van der Waals surface area contributed by atoms with Gasteiger partial charge in [-0.2, -0.15) is 10.4 Å². The standard InChI is InChI=1S/C8H11ClN4/c1-6(2)8-11-5-13(12-8)4-7(9)3-10/h5-7H,4H2,1-2H3. The minimum absolute atomic E-state index is 0.303. The molecule has 0 bridgehead atoms. The molecule has 1 unspecified atom stereocenters. The fraction of sp³-hybridized carbons (Fsp3) is 0.625. The quantitative estimate of drug-likeness (QED) is 0.693. The summed E-state index contributed by atoms with van der Waals surface area (Å²) in [5.74, 6) is 1.08. The Labute approximate surface area is 82.1 Å². The number of hydrogen-bond acceptors (Lipinski definition) is 3. The summed E-state index contributed by atoms with van der Waals surface area (Å²) in [7, 11) is 0. The molecule has 5 heteroatoms. The molecule has 1 aromatic rings. The molecule has 1 heterocycles. The SMILES string of the molecule is CC(C)c1ncn(CC(Cl)C#N)n1. The van der Waals surface area contributed by atoms with Gasteiger partial charge in [-0.25, -0.2) is 4.98 Å². The number of halogens is 1. The maximum atomic E-state index is 8.47. The first kappa shape index (κ1) is 10.0. The first-order chi connectivity index (χ1) is 6.13. The summed E-state index contributed by atoms with van der Waals surface area (Å²) in [5.41, 5.74) is 0. The molecule has 0 radical (unpaired) electrons. The summed E-state index contributed by atoms with van der Waals surface area (Å²) in [6.45, 7) is 4.42. The zero-order valence-corrected chi connectivity index (χ0v) is 8.36. The fourth-order valence-electron chi connectivity index (χ4n) is 0.867. The van der Waals surface area contributed by atoms with E-state index in [0.717, 1.165) is 5.82 Å². The largest absolute Gasteiger partial charge is 0.250 e. The number of nitriles is 1. The second-order valence-corrected chi connectivity index (χ2v) is 3.60. The number of hydrogen-bond donors (Lipinski definition) is 0. The van der Waals surface area contributed by atoms with Gasteiger partial charge in [0.1, 0.15) is 11.7 Å². The third-order valence-electron chi connectivity index (χ3n) is 1.56. The minimum atomic E-state index is -0.540. The van der Waals surface area contributed by atoms with Gasteiger partial charge < -0.3 is 0 Å². The lowest BCUT2D eigenvalue weighted by atomic mass is 10.2. The molecule has 0 spiro atoms. The van der Waals surface area contributed by atoms with Crippen molar-refractivity contribution in [1.29, 1.82) is 5.26 Å². The highest BCUT2D eigenvalue weighted by molar-refractivity contribution is 6.22. The van der Waals surface area contributed by atoms with Crippen molar-refractivity contribution in [3.63, 3.8) is 0 Å². The van der Waals surface area contributed by atoms with Crippen molar-refractivity contribution >= 4 is 11.6 Å². The van der Waals surface area contributed by atoms with Crippen molar-refractivity contribution in [1.82, 2.24) is 14.8 Å². The van der Waals surface area contributed by atoms with Crippen molar-refractivity contribution in [2.45, 2.75) is 31.7 Å². The van der Waals surface area contributed by atoms with Crippen LogP contribution in [0.25, 0.3) is 0 Å². The van der Waals surface area contributed by atoms with Crippen molar-refractivity contribution in [3.05, 3.63) is 12.2 Å². The zero-order valence-electron chi connectivity index (χ0n) is 7.61. The van der Waals surface area contributed by atoms with Crippen molar-refractivity contribution in [2.24, 2.45) is 0 Å². The highest BCUT2D eigenvalue weighted by atomic mass is 35.5. The summed E-state index contributed by atoms with van der Waals surface area (Å²) in [6.07, 6.45) is 1.60. The van der Waals surface area contributed by atoms with E-state index in [2.05, 4.69) is 10.1 Å². The number of nitrogens with zero attached hydrogens (tertiary/aromatic N) is 4. The molecule has 13 heavy (non-hydrogen) atoms. The lowest BCUT2D eigenvalue weighted by molar-refractivity contribution is 0.613. The summed E-state index contributed by atoms with van der Waals surface area (Å²) in [6, 6.07) is 1.93. The van der Waals surface area contributed by atoms with Gasteiger partial charge in [0, 0.05) is 5.92 Å². The van der Waals surface area contributed by atoms with Crippen LogP contribution in [0.5, 0.6) is 0 Å². The predicted octanol–water partition coefficient (Wildman–Crippen LogP) is 1.53. The van der Waals surface area contributed by atoms with Crippen LogP contribution < -0.4 is 0 Å². The van der Waals surface area contributed by atoms with E-state index in [-0.39, 0.29) is 0 Å². The van der Waals surface area contributed by atoms with Crippen molar-refractivity contribution < 1.29 is 0 Å². The number of alkyl halides is 1. The fourth-order valence-corrected chi connectivity index (χ4v) is 1.01. The van der Waals surface area contributed by atoms with E-state index in [1.807, 2.05) is 19.9 Å². The summed E-state index contributed by atoms with van der Waals surface area (Å²) >= 11 is 5.64. The maximum absolute atomic E-state index is 8.47. The minimum Gasteiger partial charge on any atom is -0.250 e. The zero-order chi connectivity index (χ0) is 9.84. The third kappa shape index (κ3) is 2.71. The van der Waals surface area contributed by atoms with Gasteiger partial charge in [0.15, 0.2) is 5.82 Å². The highest BCUT2D eigenvalue weighted by Crippen LogP contribution is 2.07. The van der Waals surface area contributed by atoms with E-state index >= 15 is 0 Å². The molecule has 0 aromatic carbocycles. The molecule has 70 valence electrons. The lowest BCUT2D eigenvalue weighted by Crippen LogP contribution is -2.09. The highest BCUT2D eigenvalue weighted by Gasteiger charge is 2.08. The van der Waals surface area contributed by atoms with Crippen LogP contribution in [0.3, 0.4) is 0 Å². The Morgan fingerprint density at radius 2 is 2.38 bits per heavy atom. The van der Waals surface area contributed by atoms with Crippen LogP contribution in [0.15, 0.2) is 6.33 Å².